The highest BCUT2D eigenvalue weighted by Gasteiger charge is 2.22. The van der Waals surface area contributed by atoms with Crippen LogP contribution in [0.1, 0.15) is 23.3 Å². The quantitative estimate of drug-likeness (QED) is 0.111. The second kappa shape index (κ2) is 34.2. The van der Waals surface area contributed by atoms with Crippen LogP contribution in [0.3, 0.4) is 0 Å². The van der Waals surface area contributed by atoms with Crippen LogP contribution in [-0.2, 0) is 0 Å². The summed E-state index contributed by atoms with van der Waals surface area (Å²) in [5, 5.41) is 8.79. The molecule has 12 heterocycles. The molecule has 0 atom stereocenters. The third-order valence-corrected chi connectivity index (χ3v) is 22.8. The van der Waals surface area contributed by atoms with Crippen LogP contribution >= 0.6 is 0 Å². The summed E-state index contributed by atoms with van der Waals surface area (Å²) < 4.78 is 24.4. The average molecular weight is 1650 g/mol. The average Bonchev–Trinajstić information content (AvgIpc) is 1.60. The molecule has 0 saturated carbocycles. The molecular weight excluding hydrogens is 1580 g/mol. The number of pyridine rings is 4. The highest BCUT2D eigenvalue weighted by molar-refractivity contribution is 6.13. The maximum Gasteiger partial charge on any atom is 0.144 e. The first kappa shape index (κ1) is 78.0. The summed E-state index contributed by atoms with van der Waals surface area (Å²) in [6.07, 6.45) is 14.7. The van der Waals surface area contributed by atoms with Gasteiger partial charge in [-0.05, 0) is 165 Å². The van der Waals surface area contributed by atoms with Crippen LogP contribution in [0.25, 0.3) is 222 Å². The normalized spacial score (nSPS) is 11.3. The lowest BCUT2D eigenvalue weighted by Gasteiger charge is -2.12. The van der Waals surface area contributed by atoms with Crippen molar-refractivity contribution < 1.29 is 17.7 Å². The molecule has 0 fully saturated rings. The van der Waals surface area contributed by atoms with E-state index in [2.05, 4.69) is 184 Å². The largest absolute Gasteiger partial charge is 0.456 e. The van der Waals surface area contributed by atoms with Gasteiger partial charge < -0.3 is 17.7 Å². The number of rotatable bonds is 12. The standard InChI is InChI=1S/4C28H19N3O/c1-18-30-25(21-10-3-2-9-20(21)19-8-7-15-29-17-19)16-26(31-18)24-13-6-12-23-22-11-4-5-14-27(22)32-28(23)24;1-18-30-24(21-10-3-2-9-20(21)19-8-7-15-29-17-19)16-25(31-18)22-12-6-14-27-28(22)23-11-4-5-13-26(23)32-27;1-18-30-25(19-12-13-28-24(15-19)23-10-4-5-11-27(23)32-28)16-26(31-18)22-9-3-2-8-21(22)20-7-6-14-29-17-20;1-18-30-25(19-12-13-24-23-10-4-5-11-27(23)32-28(24)15-19)16-26(31-18)22-9-3-2-8-21(22)20-7-6-14-29-17-20/h4*2-17H,1H3. The van der Waals surface area contributed by atoms with Crippen LogP contribution in [-0.4, -0.2) is 59.8 Å². The predicted octanol–water partition coefficient (Wildman–Crippen LogP) is 28.3. The van der Waals surface area contributed by atoms with E-state index in [0.29, 0.717) is 5.82 Å². The van der Waals surface area contributed by atoms with Crippen molar-refractivity contribution in [3.05, 3.63) is 413 Å². The van der Waals surface area contributed by atoms with Gasteiger partial charge in [0.2, 0.25) is 0 Å². The Balaban J connectivity index is 0.000000104. The van der Waals surface area contributed by atoms with Crippen molar-refractivity contribution in [1.82, 2.24) is 59.8 Å². The number of nitrogens with zero attached hydrogens (tertiary/aromatic N) is 12. The molecule has 24 rings (SSSR count). The van der Waals surface area contributed by atoms with Crippen LogP contribution in [0.2, 0.25) is 0 Å². The van der Waals surface area contributed by atoms with Crippen molar-refractivity contribution in [2.75, 3.05) is 0 Å². The van der Waals surface area contributed by atoms with E-state index in [-0.39, 0.29) is 0 Å². The SMILES string of the molecule is Cc1nc(-c2ccc3c(c2)oc2ccccc23)cc(-c2ccccc2-c2cccnc2)n1.Cc1nc(-c2ccc3oc4ccccc4c3c2)cc(-c2ccccc2-c2cccnc2)n1.Cc1nc(-c2ccccc2-c2cccnc2)cc(-c2cccc3c2oc2ccccc23)n1.Cc1nc(-c2ccccc2-c2cccnc2)cc(-c2cccc3oc4ccccc4c23)n1. The van der Waals surface area contributed by atoms with Crippen LogP contribution in [0.5, 0.6) is 0 Å². The first-order valence-electron chi connectivity index (χ1n) is 42.1. The fourth-order valence-corrected chi connectivity index (χ4v) is 17.0. The molecule has 0 aliphatic carbocycles. The van der Waals surface area contributed by atoms with Gasteiger partial charge in [-0.3, -0.25) is 19.9 Å². The Morgan fingerprint density at radius 1 is 0.172 bits per heavy atom. The van der Waals surface area contributed by atoms with E-state index in [1.165, 1.54) is 0 Å². The Kier molecular flexibility index (Phi) is 20.9. The second-order valence-electron chi connectivity index (χ2n) is 31.1. The van der Waals surface area contributed by atoms with Crippen LogP contribution in [0.4, 0.5) is 0 Å². The zero-order valence-electron chi connectivity index (χ0n) is 69.9. The zero-order chi connectivity index (χ0) is 86.0. The first-order valence-corrected chi connectivity index (χ1v) is 42.1. The molecule has 128 heavy (non-hydrogen) atoms. The van der Waals surface area contributed by atoms with Crippen molar-refractivity contribution in [3.8, 4) is 135 Å². The maximum absolute atomic E-state index is 6.25. The molecule has 0 saturated heterocycles. The van der Waals surface area contributed by atoms with Crippen LogP contribution in [0.15, 0.2) is 407 Å². The molecule has 16 heteroatoms. The van der Waals surface area contributed by atoms with Crippen LogP contribution < -0.4 is 0 Å². The maximum atomic E-state index is 6.25. The number of aromatic nitrogens is 12. The smallest absolute Gasteiger partial charge is 0.144 e. The second-order valence-corrected chi connectivity index (χ2v) is 31.1. The van der Waals surface area contributed by atoms with Crippen molar-refractivity contribution >= 4 is 87.8 Å². The predicted molar refractivity (Wildman–Crippen MR) is 513 cm³/mol. The molecule has 0 spiro atoms. The number of furan rings is 4. The van der Waals surface area contributed by atoms with Crippen LogP contribution in [0, 0.1) is 27.7 Å². The number of para-hydroxylation sites is 5. The lowest BCUT2D eigenvalue weighted by atomic mass is 9.97. The Morgan fingerprint density at radius 3 is 0.914 bits per heavy atom. The van der Waals surface area contributed by atoms with Crippen molar-refractivity contribution in [1.29, 1.82) is 0 Å². The number of benzene rings is 12. The molecule has 0 aliphatic heterocycles. The minimum Gasteiger partial charge on any atom is -0.456 e. The van der Waals surface area contributed by atoms with Crippen molar-refractivity contribution in [2.45, 2.75) is 27.7 Å². The molecule has 608 valence electrons. The molecule has 0 radical (unpaired) electrons. The highest BCUT2D eigenvalue weighted by atomic mass is 16.3. The van der Waals surface area contributed by atoms with Gasteiger partial charge in [-0.15, -0.1) is 0 Å². The number of fused-ring (bicyclic) bond motifs is 12. The monoisotopic (exact) mass is 1650 g/mol. The van der Waals surface area contributed by atoms with Gasteiger partial charge in [0.15, 0.2) is 0 Å². The fraction of sp³-hybridized carbons (Fsp3) is 0.0357. The summed E-state index contributed by atoms with van der Waals surface area (Å²) in [6, 6.07) is 115. The van der Waals surface area contributed by atoms with E-state index in [9.17, 15) is 0 Å². The lowest BCUT2D eigenvalue weighted by Crippen LogP contribution is -1.96. The topological polar surface area (TPSA) is 207 Å². The summed E-state index contributed by atoms with van der Waals surface area (Å²) in [5.74, 6) is 2.90. The van der Waals surface area contributed by atoms with Gasteiger partial charge >= 0.3 is 0 Å². The zero-order valence-corrected chi connectivity index (χ0v) is 69.9. The number of hydrogen-bond acceptors (Lipinski definition) is 16. The van der Waals surface area contributed by atoms with E-state index in [4.69, 9.17) is 57.5 Å². The highest BCUT2D eigenvalue weighted by Crippen LogP contribution is 2.44. The molecule has 16 nitrogen and oxygen atoms in total. The van der Waals surface area contributed by atoms with E-state index >= 15 is 0 Å². The van der Waals surface area contributed by atoms with Gasteiger partial charge in [0.25, 0.3) is 0 Å². The minimum atomic E-state index is 0.714. The molecule has 12 aromatic heterocycles. The third-order valence-electron chi connectivity index (χ3n) is 22.8. The van der Waals surface area contributed by atoms with Gasteiger partial charge in [-0.2, -0.15) is 0 Å². The van der Waals surface area contributed by atoms with E-state index < -0.39 is 0 Å². The minimum absolute atomic E-state index is 0.714. The number of aryl methyl sites for hydroxylation is 4. The van der Waals surface area contributed by atoms with Gasteiger partial charge in [0, 0.05) is 159 Å². The summed E-state index contributed by atoms with van der Waals surface area (Å²) >= 11 is 0. The molecule has 0 aliphatic rings. The number of hydrogen-bond donors (Lipinski definition) is 0. The van der Waals surface area contributed by atoms with Crippen molar-refractivity contribution in [3.63, 3.8) is 0 Å². The summed E-state index contributed by atoms with van der Waals surface area (Å²) in [4.78, 5) is 55.3. The Hall–Kier alpha value is -17.2. The summed E-state index contributed by atoms with van der Waals surface area (Å²) in [7, 11) is 0. The Morgan fingerprint density at radius 2 is 0.461 bits per heavy atom. The summed E-state index contributed by atoms with van der Waals surface area (Å²) in [5.41, 5.74) is 30.9. The third kappa shape index (κ3) is 15.6. The molecule has 0 bridgehead atoms. The molecule has 0 unspecified atom stereocenters. The fourth-order valence-electron chi connectivity index (χ4n) is 17.0. The Bertz CT molecular complexity index is 8250. The van der Waals surface area contributed by atoms with E-state index in [1.54, 1.807) is 24.8 Å². The molecule has 0 amide bonds. The Labute approximate surface area is 735 Å². The van der Waals surface area contributed by atoms with E-state index in [1.807, 2.05) is 228 Å². The molecule has 12 aromatic carbocycles. The van der Waals surface area contributed by atoms with Gasteiger partial charge in [0.1, 0.15) is 68.0 Å². The van der Waals surface area contributed by atoms with Gasteiger partial charge in [-0.25, -0.2) is 39.9 Å². The van der Waals surface area contributed by atoms with Gasteiger partial charge in [0.05, 0.1) is 45.6 Å². The molecule has 0 N–H and O–H groups in total. The summed E-state index contributed by atoms with van der Waals surface area (Å²) in [6.45, 7) is 7.73. The van der Waals surface area contributed by atoms with E-state index in [0.717, 1.165) is 240 Å². The van der Waals surface area contributed by atoms with Gasteiger partial charge in [-0.1, -0.05) is 224 Å². The first-order chi connectivity index (χ1) is 63.1. The lowest BCUT2D eigenvalue weighted by molar-refractivity contribution is 0.668. The van der Waals surface area contributed by atoms with Crippen molar-refractivity contribution in [2.24, 2.45) is 0 Å². The molecule has 24 aromatic rings. The molecular formula is C112H76N12O4.